The van der Waals surface area contributed by atoms with Gasteiger partial charge in [0.1, 0.15) is 17.6 Å². The number of alkyl halides is 2. The van der Waals surface area contributed by atoms with E-state index >= 15 is 0 Å². The van der Waals surface area contributed by atoms with Gasteiger partial charge in [0.2, 0.25) is 12.3 Å². The lowest BCUT2D eigenvalue weighted by atomic mass is 9.95. The molecule has 2 heterocycles. The van der Waals surface area contributed by atoms with Gasteiger partial charge in [-0.25, -0.2) is 18.0 Å². The van der Waals surface area contributed by atoms with Gasteiger partial charge in [-0.3, -0.25) is 4.79 Å². The number of anilines is 1. The van der Waals surface area contributed by atoms with Crippen LogP contribution in [0.1, 0.15) is 11.1 Å². The maximum atomic E-state index is 13.7. The average Bonchev–Trinajstić information content (AvgIpc) is 2.69. The molecule has 1 saturated heterocycles. The number of hydrogen-bond acceptors (Lipinski definition) is 3. The Morgan fingerprint density at radius 1 is 1.25 bits per heavy atom. The Balaban J connectivity index is 1.56. The molecule has 0 spiro atoms. The molecule has 0 aromatic heterocycles. The van der Waals surface area contributed by atoms with Crippen molar-refractivity contribution >= 4 is 29.2 Å². The van der Waals surface area contributed by atoms with E-state index in [1.807, 2.05) is 6.07 Å². The van der Waals surface area contributed by atoms with Crippen molar-refractivity contribution in [2.75, 3.05) is 25.0 Å². The van der Waals surface area contributed by atoms with Crippen LogP contribution in [0, 0.1) is 18.7 Å². The molecule has 2 aliphatic heterocycles. The van der Waals surface area contributed by atoms with Crippen molar-refractivity contribution in [2.24, 2.45) is 5.92 Å². The van der Waals surface area contributed by atoms with Gasteiger partial charge in [-0.05, 0) is 30.2 Å². The number of ether oxygens (including phenoxy) is 1. The minimum absolute atomic E-state index is 0.0393. The van der Waals surface area contributed by atoms with Crippen LogP contribution < -0.4 is 15.0 Å². The fraction of sp³-hybridized carbons (Fsp3) is 0.364. The van der Waals surface area contributed by atoms with Crippen molar-refractivity contribution in [3.8, 4) is 11.5 Å². The number of likely N-dealkylation sites (N-methyl/N-ethyl adjacent to an activating group) is 1. The zero-order valence-electron chi connectivity index (χ0n) is 17.4. The largest absolute Gasteiger partial charge is 0.453 e. The van der Waals surface area contributed by atoms with Gasteiger partial charge in [-0.15, -0.1) is 0 Å². The van der Waals surface area contributed by atoms with E-state index in [9.17, 15) is 22.8 Å². The van der Waals surface area contributed by atoms with Gasteiger partial charge in [-0.2, -0.15) is 0 Å². The predicted molar refractivity (Wildman–Crippen MR) is 113 cm³/mol. The van der Waals surface area contributed by atoms with E-state index in [0.717, 1.165) is 11.6 Å². The van der Waals surface area contributed by atoms with Crippen LogP contribution in [0.15, 0.2) is 30.3 Å². The molecule has 10 heteroatoms. The van der Waals surface area contributed by atoms with Crippen LogP contribution in [0.4, 0.5) is 23.7 Å². The van der Waals surface area contributed by atoms with Gasteiger partial charge in [0.15, 0.2) is 5.75 Å². The van der Waals surface area contributed by atoms with Crippen LogP contribution in [0.25, 0.3) is 0 Å². The fourth-order valence-corrected chi connectivity index (χ4v) is 4.04. The zero-order chi connectivity index (χ0) is 23.2. The third-order valence-corrected chi connectivity index (χ3v) is 6.07. The lowest BCUT2D eigenvalue weighted by Crippen LogP contribution is -2.60. The number of likely N-dealkylation sites (tertiary alicyclic amines) is 1. The third kappa shape index (κ3) is 4.09. The topological polar surface area (TPSA) is 61.9 Å². The molecule has 170 valence electrons. The van der Waals surface area contributed by atoms with Crippen molar-refractivity contribution in [1.29, 1.82) is 0 Å². The van der Waals surface area contributed by atoms with Crippen molar-refractivity contribution in [1.82, 2.24) is 10.2 Å². The van der Waals surface area contributed by atoms with Gasteiger partial charge >= 0.3 is 6.03 Å². The smallest absolute Gasteiger partial charge is 0.318 e. The van der Waals surface area contributed by atoms with Crippen LogP contribution >= 0.6 is 11.6 Å². The molecule has 1 fully saturated rings. The average molecular weight is 468 g/mol. The molecule has 1 N–H and O–H groups in total. The molecule has 2 aromatic rings. The molecule has 0 saturated carbocycles. The molecule has 32 heavy (non-hydrogen) atoms. The fourth-order valence-electron chi connectivity index (χ4n) is 3.88. The first-order valence-electron chi connectivity index (χ1n) is 10.0. The summed E-state index contributed by atoms with van der Waals surface area (Å²) in [5, 5.41) is 2.86. The highest BCUT2D eigenvalue weighted by atomic mass is 35.5. The Bertz CT molecular complexity index is 1080. The lowest BCUT2D eigenvalue weighted by Gasteiger charge is -2.40. The first-order valence-corrected chi connectivity index (χ1v) is 10.4. The van der Waals surface area contributed by atoms with E-state index in [2.05, 4.69) is 5.32 Å². The Labute approximate surface area is 187 Å². The summed E-state index contributed by atoms with van der Waals surface area (Å²) in [5.41, 5.74) is 1.95. The van der Waals surface area contributed by atoms with E-state index in [-0.39, 0.29) is 36.2 Å². The minimum Gasteiger partial charge on any atom is -0.453 e. The molecule has 6 nitrogen and oxygen atoms in total. The molecule has 0 unspecified atom stereocenters. The number of nitrogens with zero attached hydrogens (tertiary/aromatic N) is 2. The monoisotopic (exact) mass is 467 g/mol. The molecular weight excluding hydrogens is 447 g/mol. The molecule has 0 radical (unpaired) electrons. The second kappa shape index (κ2) is 8.54. The van der Waals surface area contributed by atoms with Crippen molar-refractivity contribution in [2.45, 2.75) is 25.8 Å². The first-order chi connectivity index (χ1) is 15.2. The quantitative estimate of drug-likeness (QED) is 0.726. The molecule has 0 aliphatic carbocycles. The Hall–Kier alpha value is -2.94. The lowest BCUT2D eigenvalue weighted by molar-refractivity contribution is -0.120. The molecule has 4 rings (SSSR count). The van der Waals surface area contributed by atoms with E-state index < -0.39 is 30.2 Å². The molecular formula is C22H21ClF3N3O3. The highest BCUT2D eigenvalue weighted by Crippen LogP contribution is 2.42. The first kappa shape index (κ1) is 22.3. The van der Waals surface area contributed by atoms with E-state index in [4.69, 9.17) is 16.3 Å². The number of hydrogen-bond donors (Lipinski definition) is 1. The standard InChI is InChI=1S/C22H21ClF3N3O3/c1-11-3-4-12-7-16(27-22(31)29-9-13(10-29)20(25)26)21(30)28(2)18(12)19(11)32-17-8-14(24)5-6-15(17)23/h3-6,8,13,16,20H,7,9-10H2,1-2H3,(H,27,31)/t16-/m1/s1. The summed E-state index contributed by atoms with van der Waals surface area (Å²) in [6, 6.07) is 5.98. The number of nitrogens with one attached hydrogen (secondary N) is 1. The molecule has 2 aliphatic rings. The van der Waals surface area contributed by atoms with Crippen LogP contribution in [0.5, 0.6) is 11.5 Å². The van der Waals surface area contributed by atoms with E-state index in [0.29, 0.717) is 17.0 Å². The molecule has 3 amide bonds. The number of rotatable bonds is 4. The molecule has 2 aromatic carbocycles. The van der Waals surface area contributed by atoms with Crippen molar-refractivity contribution < 1.29 is 27.5 Å². The van der Waals surface area contributed by atoms with E-state index in [1.54, 1.807) is 20.0 Å². The zero-order valence-corrected chi connectivity index (χ0v) is 18.1. The maximum Gasteiger partial charge on any atom is 0.318 e. The van der Waals surface area contributed by atoms with Crippen molar-refractivity contribution in [3.63, 3.8) is 0 Å². The van der Waals surface area contributed by atoms with Gasteiger partial charge in [0.25, 0.3) is 0 Å². The minimum atomic E-state index is -2.47. The summed E-state index contributed by atoms with van der Waals surface area (Å²) in [6.45, 7) is 1.71. The van der Waals surface area contributed by atoms with Crippen LogP contribution in [0.2, 0.25) is 5.02 Å². The number of benzene rings is 2. The second-order valence-electron chi connectivity index (χ2n) is 8.00. The summed E-state index contributed by atoms with van der Waals surface area (Å²) < 4.78 is 44.9. The summed E-state index contributed by atoms with van der Waals surface area (Å²) in [5.74, 6) is -1.25. The second-order valence-corrected chi connectivity index (χ2v) is 8.41. The number of fused-ring (bicyclic) bond motifs is 1. The Morgan fingerprint density at radius 2 is 1.97 bits per heavy atom. The number of aryl methyl sites for hydroxylation is 1. The van der Waals surface area contributed by atoms with Crippen LogP contribution in [0.3, 0.4) is 0 Å². The van der Waals surface area contributed by atoms with Crippen LogP contribution in [-0.2, 0) is 11.2 Å². The summed E-state index contributed by atoms with van der Waals surface area (Å²) in [7, 11) is 1.55. The predicted octanol–water partition coefficient (Wildman–Crippen LogP) is 4.37. The molecule has 1 atom stereocenters. The van der Waals surface area contributed by atoms with Crippen LogP contribution in [-0.4, -0.2) is 49.4 Å². The number of carbonyl (C=O) groups is 2. The number of carbonyl (C=O) groups excluding carboxylic acids is 2. The number of halogens is 4. The number of urea groups is 1. The number of amides is 3. The SMILES string of the molecule is Cc1ccc2c(c1Oc1cc(F)ccc1Cl)N(C)C(=O)[C@H](NC(=O)N1CC(C(F)F)C1)C2. The van der Waals surface area contributed by atoms with Gasteiger partial charge in [-0.1, -0.05) is 23.7 Å². The Morgan fingerprint density at radius 3 is 2.66 bits per heavy atom. The summed E-state index contributed by atoms with van der Waals surface area (Å²) in [4.78, 5) is 28.0. The normalized spacial score (nSPS) is 18.5. The van der Waals surface area contributed by atoms with E-state index in [1.165, 1.54) is 21.9 Å². The maximum absolute atomic E-state index is 13.7. The molecule has 0 bridgehead atoms. The van der Waals surface area contributed by atoms with Gasteiger partial charge in [0.05, 0.1) is 16.6 Å². The third-order valence-electron chi connectivity index (χ3n) is 5.76. The van der Waals surface area contributed by atoms with Crippen molar-refractivity contribution in [3.05, 3.63) is 52.3 Å². The highest BCUT2D eigenvalue weighted by molar-refractivity contribution is 6.32. The summed E-state index contributed by atoms with van der Waals surface area (Å²) >= 11 is 6.13. The highest BCUT2D eigenvalue weighted by Gasteiger charge is 2.40. The Kier molecular flexibility index (Phi) is 5.94. The summed E-state index contributed by atoms with van der Waals surface area (Å²) in [6.07, 6.45) is -2.27. The van der Waals surface area contributed by atoms with Gasteiger partial charge in [0, 0.05) is 32.6 Å². The van der Waals surface area contributed by atoms with Gasteiger partial charge < -0.3 is 19.9 Å².